The summed E-state index contributed by atoms with van der Waals surface area (Å²) in [7, 11) is 1.77. The van der Waals surface area contributed by atoms with Gasteiger partial charge in [-0.15, -0.1) is 0 Å². The second-order valence-electron chi connectivity index (χ2n) is 7.72. The fourth-order valence-electron chi connectivity index (χ4n) is 3.90. The Balaban J connectivity index is 1.74. The number of aliphatic hydroxyl groups is 1. The first kappa shape index (κ1) is 23.3. The third kappa shape index (κ3) is 4.11. The van der Waals surface area contributed by atoms with Gasteiger partial charge in [-0.25, -0.2) is 15.0 Å². The summed E-state index contributed by atoms with van der Waals surface area (Å²) in [5.74, 6) is 0.431. The number of aryl methyl sites for hydroxylation is 1. The van der Waals surface area contributed by atoms with Gasteiger partial charge in [0.1, 0.15) is 29.4 Å². The Morgan fingerprint density at radius 3 is 2.53 bits per heavy atom. The molecule has 5 rings (SSSR count). The molecule has 0 spiro atoms. The van der Waals surface area contributed by atoms with Crippen LogP contribution in [0.4, 0.5) is 8.78 Å². The molecule has 3 heterocycles. The molecular weight excluding hydrogens is 474 g/mol. The van der Waals surface area contributed by atoms with E-state index in [2.05, 4.69) is 24.7 Å². The normalized spacial score (nSPS) is 11.5. The Hall–Kier alpha value is -4.45. The lowest BCUT2D eigenvalue weighted by Gasteiger charge is -2.13. The largest absolute Gasteiger partial charge is 0.464 e. The zero-order valence-electron chi connectivity index (χ0n) is 19.2. The van der Waals surface area contributed by atoms with Gasteiger partial charge in [0, 0.05) is 12.6 Å². The van der Waals surface area contributed by atoms with Crippen molar-refractivity contribution in [3.8, 4) is 28.7 Å². The monoisotopic (exact) mass is 494 g/mol. The molecule has 0 radical (unpaired) electrons. The Labute approximate surface area is 202 Å². The van der Waals surface area contributed by atoms with E-state index in [1.807, 2.05) is 0 Å². The predicted octanol–water partition coefficient (Wildman–Crippen LogP) is 3.22. The first-order valence-electron chi connectivity index (χ1n) is 10.9. The van der Waals surface area contributed by atoms with E-state index in [1.165, 1.54) is 35.0 Å². The van der Waals surface area contributed by atoms with Crippen LogP contribution in [0.3, 0.4) is 0 Å². The summed E-state index contributed by atoms with van der Waals surface area (Å²) < 4.78 is 38.1. The average molecular weight is 494 g/mol. The summed E-state index contributed by atoms with van der Waals surface area (Å²) in [6, 6.07) is 10.9. The summed E-state index contributed by atoms with van der Waals surface area (Å²) in [4.78, 5) is 31.2. The number of halogens is 2. The zero-order valence-corrected chi connectivity index (χ0v) is 19.2. The van der Waals surface area contributed by atoms with Crippen LogP contribution in [0.1, 0.15) is 12.7 Å². The minimum atomic E-state index is -2.97. The molecule has 5 aromatic rings. The number of imidazole rings is 1. The summed E-state index contributed by atoms with van der Waals surface area (Å²) in [6.45, 7) is -1.10. The first-order valence-corrected chi connectivity index (χ1v) is 10.9. The molecule has 0 fully saturated rings. The fourth-order valence-corrected chi connectivity index (χ4v) is 3.90. The van der Waals surface area contributed by atoms with Crippen molar-refractivity contribution in [1.29, 1.82) is 0 Å². The van der Waals surface area contributed by atoms with Crippen LogP contribution in [0.2, 0.25) is 0 Å². The second kappa shape index (κ2) is 9.30. The lowest BCUT2D eigenvalue weighted by molar-refractivity contribution is -0.0498. The number of rotatable bonds is 7. The van der Waals surface area contributed by atoms with E-state index in [0.717, 1.165) is 0 Å². The number of ether oxygens (including phenoxy) is 2. The molecule has 2 aromatic carbocycles. The summed E-state index contributed by atoms with van der Waals surface area (Å²) >= 11 is 0. The minimum absolute atomic E-state index is 0.0497. The molecule has 1 N–H and O–H groups in total. The molecule has 0 atom stereocenters. The molecule has 0 saturated carbocycles. The summed E-state index contributed by atoms with van der Waals surface area (Å²) in [5.41, 5.74) is 2.39. The fraction of sp³-hybridized carbons (Fsp3) is 0.208. The van der Waals surface area contributed by atoms with Crippen LogP contribution in [0.15, 0.2) is 53.5 Å². The van der Waals surface area contributed by atoms with Gasteiger partial charge in [0.15, 0.2) is 5.65 Å². The van der Waals surface area contributed by atoms with Crippen molar-refractivity contribution in [1.82, 2.24) is 29.1 Å². The van der Waals surface area contributed by atoms with Crippen molar-refractivity contribution in [2.45, 2.75) is 20.1 Å². The number of alkyl halides is 2. The number of hydrogen-bond acceptors (Lipinski definition) is 8. The highest BCUT2D eigenvalue weighted by Gasteiger charge is 2.18. The Morgan fingerprint density at radius 1 is 1.06 bits per heavy atom. The van der Waals surface area contributed by atoms with Crippen molar-refractivity contribution in [3.63, 3.8) is 0 Å². The number of benzene rings is 2. The smallest absolute Gasteiger partial charge is 0.387 e. The van der Waals surface area contributed by atoms with Gasteiger partial charge in [0.25, 0.3) is 5.56 Å². The highest BCUT2D eigenvalue weighted by atomic mass is 19.3. The van der Waals surface area contributed by atoms with Crippen LogP contribution < -0.4 is 15.0 Å². The van der Waals surface area contributed by atoms with Crippen LogP contribution in [0, 0.1) is 0 Å². The lowest BCUT2D eigenvalue weighted by Crippen LogP contribution is -2.23. The van der Waals surface area contributed by atoms with Crippen LogP contribution in [0.5, 0.6) is 11.8 Å². The standard InChI is InChI=1S/C24H20F2N6O4/c1-3-35-24-27-11-17-21(30-24)32(14-5-7-15(8-6-14)36-23(25)26)22(34)20(29-17)13-4-9-16-18(10-13)31(2)19(12-33)28-16/h4-11,23,33H,3,12H2,1-2H3. The Kier molecular flexibility index (Phi) is 6.02. The van der Waals surface area contributed by atoms with Crippen LogP contribution in [-0.2, 0) is 13.7 Å². The topological polar surface area (TPSA) is 117 Å². The van der Waals surface area contributed by atoms with Crippen molar-refractivity contribution in [3.05, 3.63) is 64.8 Å². The highest BCUT2D eigenvalue weighted by molar-refractivity contribution is 5.83. The number of fused-ring (bicyclic) bond motifs is 2. The van der Waals surface area contributed by atoms with Crippen LogP contribution >= 0.6 is 0 Å². The van der Waals surface area contributed by atoms with E-state index < -0.39 is 12.2 Å². The van der Waals surface area contributed by atoms with Crippen molar-refractivity contribution in [2.75, 3.05) is 6.61 Å². The molecule has 0 amide bonds. The summed E-state index contributed by atoms with van der Waals surface area (Å²) in [6.07, 6.45) is 1.45. The van der Waals surface area contributed by atoms with E-state index in [9.17, 15) is 18.7 Å². The third-order valence-electron chi connectivity index (χ3n) is 5.56. The van der Waals surface area contributed by atoms with Gasteiger partial charge in [0.05, 0.1) is 29.5 Å². The maximum atomic E-state index is 13.8. The molecule has 10 nitrogen and oxygen atoms in total. The van der Waals surface area contributed by atoms with Crippen LogP contribution in [-0.4, -0.2) is 47.4 Å². The number of hydrogen-bond donors (Lipinski definition) is 1. The second-order valence-corrected chi connectivity index (χ2v) is 7.72. The van der Waals surface area contributed by atoms with E-state index in [4.69, 9.17) is 4.74 Å². The summed E-state index contributed by atoms with van der Waals surface area (Å²) in [5, 5.41) is 9.54. The lowest BCUT2D eigenvalue weighted by atomic mass is 10.1. The third-order valence-corrected chi connectivity index (χ3v) is 5.56. The molecule has 0 saturated heterocycles. The van der Waals surface area contributed by atoms with E-state index in [0.29, 0.717) is 40.2 Å². The van der Waals surface area contributed by atoms with Gasteiger partial charge in [-0.3, -0.25) is 9.36 Å². The number of aromatic nitrogens is 6. The SMILES string of the molecule is CCOc1ncc2nc(-c3ccc4nc(CO)n(C)c4c3)c(=O)n(-c3ccc(OC(F)F)cc3)c2n1. The van der Waals surface area contributed by atoms with Crippen LogP contribution in [0.25, 0.3) is 39.1 Å². The van der Waals surface area contributed by atoms with E-state index >= 15 is 0 Å². The zero-order chi connectivity index (χ0) is 25.4. The first-order chi connectivity index (χ1) is 17.4. The molecule has 0 unspecified atom stereocenters. The maximum Gasteiger partial charge on any atom is 0.387 e. The van der Waals surface area contributed by atoms with Crippen molar-refractivity contribution < 1.29 is 23.4 Å². The molecule has 0 aliphatic heterocycles. The van der Waals surface area contributed by atoms with E-state index in [-0.39, 0.29) is 29.7 Å². The van der Waals surface area contributed by atoms with Gasteiger partial charge in [0.2, 0.25) is 0 Å². The van der Waals surface area contributed by atoms with Gasteiger partial charge < -0.3 is 19.1 Å². The molecule has 184 valence electrons. The highest BCUT2D eigenvalue weighted by Crippen LogP contribution is 2.25. The molecule has 12 heteroatoms. The maximum absolute atomic E-state index is 13.8. The molecule has 0 aliphatic carbocycles. The number of aliphatic hydroxyl groups excluding tert-OH is 1. The molecule has 36 heavy (non-hydrogen) atoms. The molecular formula is C24H20F2N6O4. The quantitative estimate of drug-likeness (QED) is 0.367. The predicted molar refractivity (Wildman–Crippen MR) is 126 cm³/mol. The minimum Gasteiger partial charge on any atom is -0.464 e. The van der Waals surface area contributed by atoms with Crippen molar-refractivity contribution >= 4 is 22.2 Å². The van der Waals surface area contributed by atoms with Gasteiger partial charge >= 0.3 is 12.6 Å². The Morgan fingerprint density at radius 2 is 1.83 bits per heavy atom. The number of nitrogens with zero attached hydrogens (tertiary/aromatic N) is 6. The average Bonchev–Trinajstić information content (AvgIpc) is 3.19. The molecule has 0 bridgehead atoms. The van der Waals surface area contributed by atoms with Gasteiger partial charge in [-0.05, 0) is 43.3 Å². The Bertz CT molecular complexity index is 1630. The molecule has 3 aromatic heterocycles. The van der Waals surface area contributed by atoms with E-state index in [1.54, 1.807) is 36.7 Å². The van der Waals surface area contributed by atoms with Gasteiger partial charge in [-0.2, -0.15) is 13.8 Å². The molecule has 0 aliphatic rings. The van der Waals surface area contributed by atoms with Crippen molar-refractivity contribution in [2.24, 2.45) is 7.05 Å². The van der Waals surface area contributed by atoms with Gasteiger partial charge in [-0.1, -0.05) is 6.07 Å².